The van der Waals surface area contributed by atoms with Crippen LogP contribution in [0.4, 0.5) is 4.39 Å². The van der Waals surface area contributed by atoms with Gasteiger partial charge in [0.15, 0.2) is 0 Å². The maximum absolute atomic E-state index is 14.0. The fraction of sp³-hybridized carbons (Fsp3) is 0.471. The summed E-state index contributed by atoms with van der Waals surface area (Å²) in [4.78, 5) is 4.73. The van der Waals surface area contributed by atoms with E-state index in [9.17, 15) is 4.39 Å². The van der Waals surface area contributed by atoms with Crippen LogP contribution in [0.2, 0.25) is 0 Å². The Bertz CT molecular complexity index is 586. The van der Waals surface area contributed by atoms with Gasteiger partial charge in [-0.25, -0.2) is 9.37 Å². The first kappa shape index (κ1) is 16.1. The van der Waals surface area contributed by atoms with Gasteiger partial charge in [-0.2, -0.15) is 0 Å². The Morgan fingerprint density at radius 1 is 1.29 bits per heavy atom. The van der Waals surface area contributed by atoms with E-state index in [-0.39, 0.29) is 17.2 Å². The van der Waals surface area contributed by atoms with Gasteiger partial charge in [-0.05, 0) is 18.7 Å². The Morgan fingerprint density at radius 3 is 2.57 bits per heavy atom. The van der Waals surface area contributed by atoms with Crippen LogP contribution in [0.3, 0.4) is 0 Å². The Labute approximate surface area is 130 Å². The number of rotatable bonds is 5. The number of benzene rings is 1. The molecule has 1 atom stereocenters. The van der Waals surface area contributed by atoms with E-state index >= 15 is 0 Å². The van der Waals surface area contributed by atoms with Gasteiger partial charge in [-0.3, -0.25) is 0 Å². The summed E-state index contributed by atoms with van der Waals surface area (Å²) in [6, 6.07) is 7.02. The van der Waals surface area contributed by atoms with Crippen molar-refractivity contribution < 1.29 is 4.39 Å². The Balaban J connectivity index is 2.21. The van der Waals surface area contributed by atoms with E-state index in [4.69, 9.17) is 4.98 Å². The minimum atomic E-state index is -0.134. The number of thiazole rings is 1. The molecule has 0 fully saturated rings. The summed E-state index contributed by atoms with van der Waals surface area (Å²) in [5.74, 6) is -0.0273. The van der Waals surface area contributed by atoms with Crippen LogP contribution < -0.4 is 5.32 Å². The molecule has 2 rings (SSSR count). The summed E-state index contributed by atoms with van der Waals surface area (Å²) >= 11 is 1.67. The topological polar surface area (TPSA) is 24.9 Å². The van der Waals surface area contributed by atoms with Crippen LogP contribution in [-0.4, -0.2) is 18.6 Å². The molecular formula is C17H23FN2S. The van der Waals surface area contributed by atoms with Gasteiger partial charge in [0, 0.05) is 29.7 Å². The first-order valence-electron chi connectivity index (χ1n) is 7.25. The molecule has 1 N–H and O–H groups in total. The zero-order valence-corrected chi connectivity index (χ0v) is 13.9. The number of nitrogens with one attached hydrogen (secondary N) is 1. The fourth-order valence-corrected chi connectivity index (χ4v) is 3.41. The number of aromatic nitrogens is 1. The van der Waals surface area contributed by atoms with Crippen molar-refractivity contribution in [3.05, 3.63) is 51.7 Å². The van der Waals surface area contributed by atoms with Gasteiger partial charge in [0.05, 0.1) is 10.7 Å². The number of hydrogen-bond donors (Lipinski definition) is 1. The van der Waals surface area contributed by atoms with Crippen LogP contribution in [0.15, 0.2) is 29.6 Å². The van der Waals surface area contributed by atoms with E-state index in [1.807, 2.05) is 19.2 Å². The number of hydrogen-bond acceptors (Lipinski definition) is 3. The van der Waals surface area contributed by atoms with Gasteiger partial charge in [0.1, 0.15) is 5.82 Å². The second-order valence-corrected chi connectivity index (χ2v) is 7.30. The molecule has 1 aromatic carbocycles. The molecule has 0 aliphatic heterocycles. The van der Waals surface area contributed by atoms with Gasteiger partial charge in [0.25, 0.3) is 0 Å². The van der Waals surface area contributed by atoms with Crippen LogP contribution in [0.25, 0.3) is 0 Å². The molecule has 2 aromatic rings. The summed E-state index contributed by atoms with van der Waals surface area (Å²) in [5, 5.41) is 6.35. The van der Waals surface area contributed by atoms with Crippen LogP contribution in [0, 0.1) is 5.82 Å². The number of likely N-dealkylation sites (N-methyl/N-ethyl adjacent to an activating group) is 1. The van der Waals surface area contributed by atoms with Crippen molar-refractivity contribution in [2.45, 2.75) is 38.5 Å². The zero-order valence-electron chi connectivity index (χ0n) is 13.1. The quantitative estimate of drug-likeness (QED) is 0.898. The molecule has 0 aliphatic carbocycles. The lowest BCUT2D eigenvalue weighted by Crippen LogP contribution is -2.20. The van der Waals surface area contributed by atoms with Crippen molar-refractivity contribution in [1.82, 2.24) is 10.3 Å². The maximum atomic E-state index is 14.0. The highest BCUT2D eigenvalue weighted by atomic mass is 32.1. The average molecular weight is 306 g/mol. The van der Waals surface area contributed by atoms with Gasteiger partial charge in [-0.15, -0.1) is 11.3 Å². The zero-order chi connectivity index (χ0) is 15.5. The molecule has 0 radical (unpaired) electrons. The molecule has 4 heteroatoms. The molecule has 0 spiro atoms. The lowest BCUT2D eigenvalue weighted by molar-refractivity contribution is 0.548. The van der Waals surface area contributed by atoms with E-state index in [1.54, 1.807) is 17.4 Å². The maximum Gasteiger partial charge on any atom is 0.126 e. The van der Waals surface area contributed by atoms with Crippen molar-refractivity contribution in [2.24, 2.45) is 0 Å². The second kappa shape index (κ2) is 6.67. The summed E-state index contributed by atoms with van der Waals surface area (Å²) in [6.07, 6.45) is 0.766. The third kappa shape index (κ3) is 4.11. The third-order valence-corrected chi connectivity index (χ3v) is 4.41. The molecule has 0 aliphatic rings. The summed E-state index contributed by atoms with van der Waals surface area (Å²) in [5.41, 5.74) is 1.93. The minimum absolute atomic E-state index is 0.0608. The van der Waals surface area contributed by atoms with E-state index in [0.29, 0.717) is 0 Å². The summed E-state index contributed by atoms with van der Waals surface area (Å²) in [7, 11) is 1.90. The number of halogens is 1. The van der Waals surface area contributed by atoms with Crippen LogP contribution in [0.5, 0.6) is 0 Å². The minimum Gasteiger partial charge on any atom is -0.319 e. The molecule has 0 saturated carbocycles. The highest BCUT2D eigenvalue weighted by molar-refractivity contribution is 7.09. The monoisotopic (exact) mass is 306 g/mol. The van der Waals surface area contributed by atoms with Gasteiger partial charge < -0.3 is 5.32 Å². The van der Waals surface area contributed by atoms with Crippen LogP contribution >= 0.6 is 11.3 Å². The standard InChI is InChI=1S/C17H23FN2S/c1-17(2,3)15-11-21-16(20-15)9-12(10-19-4)13-7-5-6-8-14(13)18/h5-8,11-12,19H,9-10H2,1-4H3. The molecule has 0 amide bonds. The van der Waals surface area contributed by atoms with E-state index in [1.165, 1.54) is 6.07 Å². The van der Waals surface area contributed by atoms with Crippen LogP contribution in [0.1, 0.15) is 43.0 Å². The summed E-state index contributed by atoms with van der Waals surface area (Å²) < 4.78 is 14.0. The van der Waals surface area contributed by atoms with Gasteiger partial charge >= 0.3 is 0 Å². The van der Waals surface area contributed by atoms with Crippen molar-refractivity contribution in [1.29, 1.82) is 0 Å². The average Bonchev–Trinajstić information content (AvgIpc) is 2.87. The van der Waals surface area contributed by atoms with E-state index < -0.39 is 0 Å². The Kier molecular flexibility index (Phi) is 5.12. The molecule has 21 heavy (non-hydrogen) atoms. The molecular weight excluding hydrogens is 283 g/mol. The lowest BCUT2D eigenvalue weighted by Gasteiger charge is -2.17. The van der Waals surface area contributed by atoms with Gasteiger partial charge in [-0.1, -0.05) is 39.0 Å². The lowest BCUT2D eigenvalue weighted by atomic mass is 9.93. The smallest absolute Gasteiger partial charge is 0.126 e. The predicted molar refractivity (Wildman–Crippen MR) is 87.6 cm³/mol. The molecule has 1 aromatic heterocycles. The van der Waals surface area contributed by atoms with E-state index in [0.717, 1.165) is 29.2 Å². The first-order valence-corrected chi connectivity index (χ1v) is 8.13. The third-order valence-electron chi connectivity index (χ3n) is 3.54. The highest BCUT2D eigenvalue weighted by Crippen LogP contribution is 2.28. The van der Waals surface area contributed by atoms with Gasteiger partial charge in [0.2, 0.25) is 0 Å². The van der Waals surface area contributed by atoms with Crippen molar-refractivity contribution in [2.75, 3.05) is 13.6 Å². The van der Waals surface area contributed by atoms with Crippen LogP contribution in [-0.2, 0) is 11.8 Å². The number of nitrogens with zero attached hydrogens (tertiary/aromatic N) is 1. The molecule has 0 bridgehead atoms. The fourth-order valence-electron chi connectivity index (χ4n) is 2.30. The van der Waals surface area contributed by atoms with Crippen molar-refractivity contribution in [3.8, 4) is 0 Å². The largest absolute Gasteiger partial charge is 0.319 e. The Morgan fingerprint density at radius 2 is 2.00 bits per heavy atom. The summed E-state index contributed by atoms with van der Waals surface area (Å²) in [6.45, 7) is 7.22. The van der Waals surface area contributed by atoms with Crippen molar-refractivity contribution in [3.63, 3.8) is 0 Å². The molecule has 114 valence electrons. The van der Waals surface area contributed by atoms with Crippen molar-refractivity contribution >= 4 is 11.3 Å². The SMILES string of the molecule is CNCC(Cc1nc(C(C)(C)C)cs1)c1ccccc1F. The first-order chi connectivity index (χ1) is 9.91. The normalized spacial score (nSPS) is 13.4. The molecule has 1 unspecified atom stereocenters. The van der Waals surface area contributed by atoms with E-state index in [2.05, 4.69) is 31.5 Å². The predicted octanol–water partition coefficient (Wildman–Crippen LogP) is 4.13. The molecule has 0 saturated heterocycles. The Hall–Kier alpha value is -1.26. The molecule has 2 nitrogen and oxygen atoms in total. The molecule has 1 heterocycles. The second-order valence-electron chi connectivity index (χ2n) is 6.36. The highest BCUT2D eigenvalue weighted by Gasteiger charge is 2.20.